The fourth-order valence-electron chi connectivity index (χ4n) is 3.07. The molecule has 1 aliphatic heterocycles. The zero-order chi connectivity index (χ0) is 20.9. The zero-order valence-corrected chi connectivity index (χ0v) is 16.3. The lowest BCUT2D eigenvalue weighted by molar-refractivity contribution is -0.137. The topological polar surface area (TPSA) is 24.5 Å². The van der Waals surface area contributed by atoms with E-state index in [2.05, 4.69) is 9.62 Å². The van der Waals surface area contributed by atoms with Crippen molar-refractivity contribution in [1.82, 2.24) is 9.62 Å². The first-order chi connectivity index (χ1) is 13.8. The smallest absolute Gasteiger partial charge is 0.416 e. The summed E-state index contributed by atoms with van der Waals surface area (Å²) in [6.07, 6.45) is -5.96. The lowest BCUT2D eigenvalue weighted by Gasteiger charge is -2.17. The average molecular weight is 432 g/mol. The molecule has 0 aliphatic carbocycles. The first-order valence-corrected chi connectivity index (χ1v) is 9.93. The number of hydrogen-bond acceptors (Lipinski definition) is 4. The zero-order valence-electron chi connectivity index (χ0n) is 15.5. The monoisotopic (exact) mass is 432 g/mol. The van der Waals surface area contributed by atoms with Crippen LogP contribution < -0.4 is 9.46 Å². The Morgan fingerprint density at radius 3 is 2.59 bits per heavy atom. The SMILES string of the molecule is FC(F)COc1ccc(CN2CCC(NSc3cccc(C(F)(F)F)c3)C2)cc1. The molecular weight excluding hydrogens is 411 g/mol. The summed E-state index contributed by atoms with van der Waals surface area (Å²) in [5.74, 6) is 0.410. The van der Waals surface area contributed by atoms with Crippen molar-refractivity contribution in [2.75, 3.05) is 19.7 Å². The van der Waals surface area contributed by atoms with Gasteiger partial charge in [0.15, 0.2) is 0 Å². The van der Waals surface area contributed by atoms with Crippen molar-refractivity contribution in [2.24, 2.45) is 0 Å². The van der Waals surface area contributed by atoms with Crippen LogP contribution in [0.4, 0.5) is 22.0 Å². The summed E-state index contributed by atoms with van der Waals surface area (Å²) < 4.78 is 70.9. The molecule has 3 nitrogen and oxygen atoms in total. The third-order valence-electron chi connectivity index (χ3n) is 4.48. The number of nitrogens with zero attached hydrogens (tertiary/aromatic N) is 1. The van der Waals surface area contributed by atoms with Crippen LogP contribution in [0.3, 0.4) is 0 Å². The Kier molecular flexibility index (Phi) is 7.37. The highest BCUT2D eigenvalue weighted by Gasteiger charge is 2.30. The highest BCUT2D eigenvalue weighted by Crippen LogP contribution is 2.31. The quantitative estimate of drug-likeness (QED) is 0.457. The van der Waals surface area contributed by atoms with Crippen LogP contribution in [-0.4, -0.2) is 37.1 Å². The molecule has 1 unspecified atom stereocenters. The van der Waals surface area contributed by atoms with Crippen LogP contribution in [-0.2, 0) is 12.7 Å². The molecular formula is C20H21F5N2OS. The predicted octanol–water partition coefficient (Wildman–Crippen LogP) is 5.22. The van der Waals surface area contributed by atoms with Crippen LogP contribution in [0, 0.1) is 0 Å². The maximum atomic E-state index is 12.8. The van der Waals surface area contributed by atoms with Gasteiger partial charge in [0.05, 0.1) is 5.56 Å². The Bertz CT molecular complexity index is 785. The largest absolute Gasteiger partial charge is 0.488 e. The number of halogens is 5. The van der Waals surface area contributed by atoms with Crippen molar-refractivity contribution < 1.29 is 26.7 Å². The fraction of sp³-hybridized carbons (Fsp3) is 0.400. The molecule has 2 aromatic carbocycles. The second-order valence-corrected chi connectivity index (χ2v) is 7.72. The van der Waals surface area contributed by atoms with E-state index in [0.717, 1.165) is 37.2 Å². The Morgan fingerprint density at radius 1 is 1.14 bits per heavy atom. The van der Waals surface area contributed by atoms with Crippen molar-refractivity contribution in [2.45, 2.75) is 36.5 Å². The maximum Gasteiger partial charge on any atom is 0.416 e. The van der Waals surface area contributed by atoms with E-state index in [1.54, 1.807) is 18.2 Å². The van der Waals surface area contributed by atoms with Gasteiger partial charge < -0.3 is 4.74 Å². The standard InChI is InChI=1S/C20H21F5N2OS/c21-19(22)13-28-17-6-4-14(5-7-17)11-27-9-8-16(12-27)26-29-18-3-1-2-15(10-18)20(23,24)25/h1-7,10,16,19,26H,8-9,11-13H2. The van der Waals surface area contributed by atoms with Crippen molar-refractivity contribution in [3.8, 4) is 5.75 Å². The normalized spacial score (nSPS) is 17.8. The number of nitrogens with one attached hydrogen (secondary N) is 1. The van der Waals surface area contributed by atoms with E-state index in [1.807, 2.05) is 12.1 Å². The molecule has 2 aromatic rings. The van der Waals surface area contributed by atoms with Crippen LogP contribution in [0.5, 0.6) is 5.75 Å². The van der Waals surface area contributed by atoms with E-state index >= 15 is 0 Å². The maximum absolute atomic E-state index is 12.8. The first-order valence-electron chi connectivity index (χ1n) is 9.11. The van der Waals surface area contributed by atoms with Gasteiger partial charge >= 0.3 is 6.18 Å². The molecule has 0 saturated carbocycles. The van der Waals surface area contributed by atoms with Gasteiger partial charge in [-0.3, -0.25) is 9.62 Å². The summed E-state index contributed by atoms with van der Waals surface area (Å²) in [4.78, 5) is 2.76. The lowest BCUT2D eigenvalue weighted by Crippen LogP contribution is -2.28. The molecule has 158 valence electrons. The third-order valence-corrected chi connectivity index (χ3v) is 5.42. The molecule has 0 spiro atoms. The van der Waals surface area contributed by atoms with Gasteiger partial charge in [0.2, 0.25) is 0 Å². The van der Waals surface area contributed by atoms with Crippen LogP contribution in [0.25, 0.3) is 0 Å². The van der Waals surface area contributed by atoms with Crippen LogP contribution in [0.15, 0.2) is 53.4 Å². The molecule has 0 bridgehead atoms. The molecule has 1 saturated heterocycles. The van der Waals surface area contributed by atoms with Gasteiger partial charge in [-0.1, -0.05) is 18.2 Å². The number of ether oxygens (including phenoxy) is 1. The van der Waals surface area contributed by atoms with Gasteiger partial charge in [-0.2, -0.15) is 13.2 Å². The molecule has 1 atom stereocenters. The number of likely N-dealkylation sites (tertiary alicyclic amines) is 1. The Hall–Kier alpha value is -1.84. The summed E-state index contributed by atoms with van der Waals surface area (Å²) in [5.41, 5.74) is 0.388. The third kappa shape index (κ3) is 6.87. The summed E-state index contributed by atoms with van der Waals surface area (Å²) >= 11 is 1.21. The van der Waals surface area contributed by atoms with Crippen LogP contribution >= 0.6 is 11.9 Å². The first kappa shape index (κ1) is 21.9. The van der Waals surface area contributed by atoms with Crippen molar-refractivity contribution in [1.29, 1.82) is 0 Å². The van der Waals surface area contributed by atoms with Crippen molar-refractivity contribution in [3.63, 3.8) is 0 Å². The van der Waals surface area contributed by atoms with E-state index in [-0.39, 0.29) is 6.04 Å². The Morgan fingerprint density at radius 2 is 1.90 bits per heavy atom. The van der Waals surface area contributed by atoms with E-state index in [1.165, 1.54) is 18.0 Å². The van der Waals surface area contributed by atoms with E-state index in [0.29, 0.717) is 17.2 Å². The van der Waals surface area contributed by atoms with E-state index < -0.39 is 24.8 Å². The Balaban J connectivity index is 1.45. The highest BCUT2D eigenvalue weighted by molar-refractivity contribution is 7.97. The van der Waals surface area contributed by atoms with Gasteiger partial charge in [0, 0.05) is 30.6 Å². The van der Waals surface area contributed by atoms with E-state index in [4.69, 9.17) is 4.74 Å². The van der Waals surface area contributed by atoms with E-state index in [9.17, 15) is 22.0 Å². The van der Waals surface area contributed by atoms with Crippen molar-refractivity contribution in [3.05, 3.63) is 59.7 Å². The molecule has 29 heavy (non-hydrogen) atoms. The fourth-order valence-corrected chi connectivity index (χ4v) is 3.90. The molecule has 3 rings (SSSR count). The second kappa shape index (κ2) is 9.77. The molecule has 1 N–H and O–H groups in total. The number of alkyl halides is 5. The minimum Gasteiger partial charge on any atom is -0.488 e. The van der Waals surface area contributed by atoms with Gasteiger partial charge in [0.25, 0.3) is 6.43 Å². The summed E-state index contributed by atoms with van der Waals surface area (Å²) in [6.45, 7) is 1.73. The Labute approximate surface area is 170 Å². The lowest BCUT2D eigenvalue weighted by atomic mass is 10.2. The molecule has 1 fully saturated rings. The molecule has 1 heterocycles. The number of benzene rings is 2. The minimum absolute atomic E-state index is 0.170. The number of rotatable bonds is 8. The van der Waals surface area contributed by atoms with Gasteiger partial charge in [-0.25, -0.2) is 8.78 Å². The summed E-state index contributed by atoms with van der Waals surface area (Å²) in [5, 5.41) is 0. The molecule has 9 heteroatoms. The highest BCUT2D eigenvalue weighted by atomic mass is 32.2. The minimum atomic E-state index is -4.35. The van der Waals surface area contributed by atoms with Crippen LogP contribution in [0.2, 0.25) is 0 Å². The molecule has 0 amide bonds. The van der Waals surface area contributed by atoms with Gasteiger partial charge in [-0.05, 0) is 54.3 Å². The van der Waals surface area contributed by atoms with Gasteiger partial charge in [0.1, 0.15) is 12.4 Å². The molecule has 0 aromatic heterocycles. The van der Waals surface area contributed by atoms with Crippen molar-refractivity contribution >= 4 is 11.9 Å². The molecule has 0 radical (unpaired) electrons. The predicted molar refractivity (Wildman–Crippen MR) is 102 cm³/mol. The number of hydrogen-bond donors (Lipinski definition) is 1. The summed E-state index contributed by atoms with van der Waals surface area (Å²) in [7, 11) is 0. The average Bonchev–Trinajstić information content (AvgIpc) is 3.13. The molecule has 1 aliphatic rings. The van der Waals surface area contributed by atoms with Crippen LogP contribution in [0.1, 0.15) is 17.5 Å². The second-order valence-electron chi connectivity index (χ2n) is 6.81. The van der Waals surface area contributed by atoms with Gasteiger partial charge in [-0.15, -0.1) is 0 Å². The summed E-state index contributed by atoms with van der Waals surface area (Å²) in [6, 6.07) is 12.5.